The van der Waals surface area contributed by atoms with Crippen LogP contribution >= 0.6 is 0 Å². The molecule has 0 bridgehead atoms. The van der Waals surface area contributed by atoms with Crippen LogP contribution in [-0.4, -0.2) is 21.7 Å². The number of nitrogens with zero attached hydrogens (tertiary/aromatic N) is 1. The lowest BCUT2D eigenvalue weighted by Crippen LogP contribution is -2.18. The molecule has 0 aliphatic rings. The highest BCUT2D eigenvalue weighted by atomic mass is 16.4. The van der Waals surface area contributed by atoms with Gasteiger partial charge in [-0.25, -0.2) is 9.59 Å². The molecule has 2 rings (SSSR count). The summed E-state index contributed by atoms with van der Waals surface area (Å²) in [5.41, 5.74) is 5.70. The predicted molar refractivity (Wildman–Crippen MR) is 53.9 cm³/mol. The van der Waals surface area contributed by atoms with E-state index in [1.807, 2.05) is 0 Å². The molecule has 5 heteroatoms. The van der Waals surface area contributed by atoms with E-state index in [0.29, 0.717) is 10.9 Å². The molecule has 1 aromatic carbocycles. The number of primary amides is 1. The highest BCUT2D eigenvalue weighted by Gasteiger charge is 2.15. The lowest BCUT2D eigenvalue weighted by atomic mass is 10.2. The fraction of sp³-hybridized carbons (Fsp3) is 0. The van der Waals surface area contributed by atoms with Crippen LogP contribution in [0, 0.1) is 0 Å². The van der Waals surface area contributed by atoms with E-state index >= 15 is 0 Å². The third-order valence-corrected chi connectivity index (χ3v) is 2.18. The molecule has 76 valence electrons. The zero-order valence-corrected chi connectivity index (χ0v) is 7.68. The van der Waals surface area contributed by atoms with E-state index in [9.17, 15) is 9.59 Å². The van der Waals surface area contributed by atoms with E-state index in [2.05, 4.69) is 0 Å². The number of carbonyl (C=O) groups is 2. The zero-order valence-electron chi connectivity index (χ0n) is 7.68. The van der Waals surface area contributed by atoms with Crippen LogP contribution in [0.3, 0.4) is 0 Å². The number of para-hydroxylation sites is 1. The van der Waals surface area contributed by atoms with Crippen LogP contribution < -0.4 is 5.73 Å². The van der Waals surface area contributed by atoms with E-state index in [1.54, 1.807) is 24.3 Å². The van der Waals surface area contributed by atoms with Crippen molar-refractivity contribution in [3.63, 3.8) is 0 Å². The van der Waals surface area contributed by atoms with E-state index in [0.717, 1.165) is 4.57 Å². The number of aromatic carboxylic acids is 1. The summed E-state index contributed by atoms with van der Waals surface area (Å²) in [5, 5.41) is 9.42. The SMILES string of the molecule is NC(=O)n1cc(C(=O)O)c2ccccc21. The van der Waals surface area contributed by atoms with Gasteiger partial charge in [-0.1, -0.05) is 18.2 Å². The fourth-order valence-electron chi connectivity index (χ4n) is 1.53. The molecule has 15 heavy (non-hydrogen) atoms. The second kappa shape index (κ2) is 3.13. The summed E-state index contributed by atoms with van der Waals surface area (Å²) in [7, 11) is 0. The maximum atomic E-state index is 11.0. The predicted octanol–water partition coefficient (Wildman–Crippen LogP) is 1.27. The molecular weight excluding hydrogens is 196 g/mol. The van der Waals surface area contributed by atoms with Crippen LogP contribution in [0.2, 0.25) is 0 Å². The first-order chi connectivity index (χ1) is 7.11. The van der Waals surface area contributed by atoms with Crippen molar-refractivity contribution in [2.24, 2.45) is 5.73 Å². The van der Waals surface area contributed by atoms with Crippen LogP contribution in [0.15, 0.2) is 30.5 Å². The Balaban J connectivity index is 2.85. The summed E-state index contributed by atoms with van der Waals surface area (Å²) in [6.45, 7) is 0. The van der Waals surface area contributed by atoms with E-state index in [1.165, 1.54) is 6.20 Å². The van der Waals surface area contributed by atoms with Crippen molar-refractivity contribution in [1.82, 2.24) is 4.57 Å². The molecule has 0 aliphatic heterocycles. The van der Waals surface area contributed by atoms with Crippen molar-refractivity contribution in [2.45, 2.75) is 0 Å². The van der Waals surface area contributed by atoms with E-state index < -0.39 is 12.0 Å². The smallest absolute Gasteiger partial charge is 0.337 e. The molecule has 0 unspecified atom stereocenters. The van der Waals surface area contributed by atoms with Crippen molar-refractivity contribution in [3.8, 4) is 0 Å². The van der Waals surface area contributed by atoms with Gasteiger partial charge >= 0.3 is 12.0 Å². The topological polar surface area (TPSA) is 85.3 Å². The van der Waals surface area contributed by atoms with Crippen molar-refractivity contribution in [2.75, 3.05) is 0 Å². The third kappa shape index (κ3) is 1.34. The molecule has 0 fully saturated rings. The maximum absolute atomic E-state index is 11.0. The Morgan fingerprint density at radius 1 is 1.27 bits per heavy atom. The Bertz CT molecular complexity index is 509. The normalized spacial score (nSPS) is 10.4. The van der Waals surface area contributed by atoms with E-state index in [4.69, 9.17) is 10.8 Å². The summed E-state index contributed by atoms with van der Waals surface area (Å²) in [4.78, 5) is 21.9. The summed E-state index contributed by atoms with van der Waals surface area (Å²) in [5.74, 6) is -1.08. The fourth-order valence-corrected chi connectivity index (χ4v) is 1.53. The average molecular weight is 204 g/mol. The van der Waals surface area contributed by atoms with Gasteiger partial charge in [0.25, 0.3) is 0 Å². The molecule has 0 saturated heterocycles. The Hall–Kier alpha value is -2.30. The van der Waals surface area contributed by atoms with Gasteiger partial charge in [0.1, 0.15) is 0 Å². The Morgan fingerprint density at radius 2 is 1.93 bits per heavy atom. The van der Waals surface area contributed by atoms with Crippen LogP contribution in [0.25, 0.3) is 10.9 Å². The molecular formula is C10H8N2O3. The van der Waals surface area contributed by atoms with Crippen LogP contribution in [0.1, 0.15) is 10.4 Å². The van der Waals surface area contributed by atoms with Crippen molar-refractivity contribution in [1.29, 1.82) is 0 Å². The molecule has 0 radical (unpaired) electrons. The summed E-state index contributed by atoms with van der Waals surface area (Å²) in [6, 6.07) is 6.01. The molecule has 5 nitrogen and oxygen atoms in total. The van der Waals surface area contributed by atoms with Gasteiger partial charge in [-0.15, -0.1) is 0 Å². The maximum Gasteiger partial charge on any atom is 0.337 e. The van der Waals surface area contributed by atoms with Crippen molar-refractivity contribution in [3.05, 3.63) is 36.0 Å². The minimum absolute atomic E-state index is 0.0735. The number of hydrogen-bond acceptors (Lipinski definition) is 2. The monoisotopic (exact) mass is 204 g/mol. The Labute approximate surface area is 84.7 Å². The molecule has 3 N–H and O–H groups in total. The second-order valence-corrected chi connectivity index (χ2v) is 3.07. The lowest BCUT2D eigenvalue weighted by molar-refractivity contribution is 0.0699. The number of aromatic nitrogens is 1. The van der Waals surface area contributed by atoms with Crippen molar-refractivity contribution < 1.29 is 14.7 Å². The number of carboxylic acid groups (broad SMARTS) is 1. The molecule has 0 spiro atoms. The van der Waals surface area contributed by atoms with E-state index in [-0.39, 0.29) is 5.56 Å². The van der Waals surface area contributed by atoms with Gasteiger partial charge in [-0.05, 0) is 6.07 Å². The lowest BCUT2D eigenvalue weighted by Gasteiger charge is -1.96. The van der Waals surface area contributed by atoms with Gasteiger partial charge in [0, 0.05) is 11.6 Å². The molecule has 1 heterocycles. The van der Waals surface area contributed by atoms with Crippen LogP contribution in [0.4, 0.5) is 4.79 Å². The summed E-state index contributed by atoms with van der Waals surface area (Å²) >= 11 is 0. The quantitative estimate of drug-likeness (QED) is 0.733. The molecule has 2 aromatic rings. The zero-order chi connectivity index (χ0) is 11.0. The minimum atomic E-state index is -1.08. The first kappa shape index (κ1) is 9.26. The Morgan fingerprint density at radius 3 is 2.53 bits per heavy atom. The summed E-state index contributed by atoms with van der Waals surface area (Å²) < 4.78 is 1.12. The Kier molecular flexibility index (Phi) is 1.93. The van der Waals surface area contributed by atoms with Gasteiger partial charge in [0.05, 0.1) is 11.1 Å². The molecule has 0 aliphatic carbocycles. The van der Waals surface area contributed by atoms with Gasteiger partial charge in [0.2, 0.25) is 0 Å². The van der Waals surface area contributed by atoms with Crippen molar-refractivity contribution >= 4 is 22.9 Å². The number of carboxylic acids is 1. The van der Waals surface area contributed by atoms with Crippen LogP contribution in [0.5, 0.6) is 0 Å². The number of nitrogens with two attached hydrogens (primary N) is 1. The van der Waals surface area contributed by atoms with Gasteiger partial charge in [-0.2, -0.15) is 0 Å². The summed E-state index contributed by atoms with van der Waals surface area (Å²) in [6.07, 6.45) is 1.23. The number of fused-ring (bicyclic) bond motifs is 1. The minimum Gasteiger partial charge on any atom is -0.478 e. The number of hydrogen-bond donors (Lipinski definition) is 2. The molecule has 0 atom stereocenters. The highest BCUT2D eigenvalue weighted by molar-refractivity contribution is 6.06. The molecule has 0 saturated carbocycles. The third-order valence-electron chi connectivity index (χ3n) is 2.18. The van der Waals surface area contributed by atoms with Gasteiger partial charge < -0.3 is 10.8 Å². The number of rotatable bonds is 1. The first-order valence-corrected chi connectivity index (χ1v) is 4.24. The largest absolute Gasteiger partial charge is 0.478 e. The second-order valence-electron chi connectivity index (χ2n) is 3.07. The number of carbonyl (C=O) groups excluding carboxylic acids is 1. The highest BCUT2D eigenvalue weighted by Crippen LogP contribution is 2.20. The molecule has 1 amide bonds. The standard InChI is InChI=1S/C10H8N2O3/c11-10(15)12-5-7(9(13)14)6-3-1-2-4-8(6)12/h1-5H,(H2,11,15)(H,13,14). The van der Waals surface area contributed by atoms with Crippen LogP contribution in [-0.2, 0) is 0 Å². The first-order valence-electron chi connectivity index (χ1n) is 4.24. The van der Waals surface area contributed by atoms with Gasteiger partial charge in [-0.3, -0.25) is 4.57 Å². The average Bonchev–Trinajstić information content (AvgIpc) is 2.56. The molecule has 1 aromatic heterocycles. The van der Waals surface area contributed by atoms with Gasteiger partial charge in [0.15, 0.2) is 0 Å². The number of benzene rings is 1. The number of amides is 1.